The average molecular weight is 291 g/mol. The molecule has 0 N–H and O–H groups in total. The second kappa shape index (κ2) is 5.75. The number of carbonyl (C=O) groups is 1. The van der Waals surface area contributed by atoms with Crippen LogP contribution in [0, 0.1) is 0 Å². The highest BCUT2D eigenvalue weighted by atomic mass is 32.1. The summed E-state index contributed by atoms with van der Waals surface area (Å²) in [6.07, 6.45) is 3.10. The maximum atomic E-state index is 12.4. The number of carbonyl (C=O) groups excluding carboxylic acids is 1. The topological polar surface area (TPSA) is 59.2 Å². The largest absolute Gasteiger partial charge is 0.339 e. The van der Waals surface area contributed by atoms with Crippen molar-refractivity contribution in [2.24, 2.45) is 0 Å². The number of thiophene rings is 1. The quantitative estimate of drug-likeness (QED) is 0.868. The fourth-order valence-corrected chi connectivity index (χ4v) is 3.24. The smallest absolute Gasteiger partial charge is 0.228 e. The van der Waals surface area contributed by atoms with Gasteiger partial charge < -0.3 is 9.42 Å². The summed E-state index contributed by atoms with van der Waals surface area (Å²) in [5.74, 6) is 1.44. The first-order valence-corrected chi connectivity index (χ1v) is 7.80. The molecule has 0 aromatic carbocycles. The van der Waals surface area contributed by atoms with Gasteiger partial charge in [-0.25, -0.2) is 0 Å². The molecule has 1 saturated heterocycles. The van der Waals surface area contributed by atoms with Crippen molar-refractivity contribution in [3.63, 3.8) is 0 Å². The van der Waals surface area contributed by atoms with Gasteiger partial charge in [-0.2, -0.15) is 4.98 Å². The summed E-state index contributed by atoms with van der Waals surface area (Å²) in [4.78, 5) is 19.8. The Kier molecular flexibility index (Phi) is 3.82. The van der Waals surface area contributed by atoms with E-state index >= 15 is 0 Å². The van der Waals surface area contributed by atoms with Crippen LogP contribution in [0.2, 0.25) is 0 Å². The molecule has 3 rings (SSSR count). The molecule has 20 heavy (non-hydrogen) atoms. The van der Waals surface area contributed by atoms with Gasteiger partial charge in [0.25, 0.3) is 0 Å². The zero-order valence-corrected chi connectivity index (χ0v) is 12.2. The highest BCUT2D eigenvalue weighted by Crippen LogP contribution is 2.31. The number of aromatic nitrogens is 2. The molecule has 1 aliphatic rings. The van der Waals surface area contributed by atoms with Crippen molar-refractivity contribution in [2.45, 2.75) is 38.6 Å². The Hall–Kier alpha value is -1.69. The van der Waals surface area contributed by atoms with E-state index in [1.807, 2.05) is 29.3 Å². The lowest BCUT2D eigenvalue weighted by Crippen LogP contribution is -2.32. The van der Waals surface area contributed by atoms with Gasteiger partial charge in [-0.3, -0.25) is 4.79 Å². The van der Waals surface area contributed by atoms with Gasteiger partial charge in [-0.1, -0.05) is 18.1 Å². The molecule has 1 aliphatic heterocycles. The molecule has 0 radical (unpaired) electrons. The van der Waals surface area contributed by atoms with Gasteiger partial charge in [0.05, 0.1) is 12.5 Å². The molecule has 1 fully saturated rings. The third-order valence-corrected chi connectivity index (χ3v) is 4.44. The van der Waals surface area contributed by atoms with Crippen LogP contribution in [0.15, 0.2) is 22.0 Å². The summed E-state index contributed by atoms with van der Waals surface area (Å²) in [7, 11) is 0. The van der Waals surface area contributed by atoms with Gasteiger partial charge in [-0.15, -0.1) is 11.3 Å². The molecule has 1 atom stereocenters. The minimum atomic E-state index is -0.0217. The van der Waals surface area contributed by atoms with E-state index in [-0.39, 0.29) is 11.9 Å². The second-order valence-corrected chi connectivity index (χ2v) is 5.93. The average Bonchev–Trinajstić information content (AvgIpc) is 3.19. The minimum absolute atomic E-state index is 0.0217. The Morgan fingerprint density at radius 3 is 3.20 bits per heavy atom. The number of hydrogen-bond acceptors (Lipinski definition) is 5. The molecular formula is C14H17N3O2S. The van der Waals surface area contributed by atoms with Crippen LogP contribution in [0.25, 0.3) is 0 Å². The van der Waals surface area contributed by atoms with Crippen LogP contribution in [0.4, 0.5) is 0 Å². The first-order chi connectivity index (χ1) is 9.78. The Labute approximate surface area is 121 Å². The molecule has 3 heterocycles. The SMILES string of the molecule is CCc1nc([C@H]2CCCN2C(=O)Cc2cccs2)no1. The van der Waals surface area contributed by atoms with E-state index in [2.05, 4.69) is 10.1 Å². The molecule has 0 spiro atoms. The Bertz CT molecular complexity index is 579. The third-order valence-electron chi connectivity index (χ3n) is 3.56. The Balaban J connectivity index is 1.73. The lowest BCUT2D eigenvalue weighted by atomic mass is 10.2. The third kappa shape index (κ3) is 2.60. The monoisotopic (exact) mass is 291 g/mol. The molecule has 0 bridgehead atoms. The lowest BCUT2D eigenvalue weighted by molar-refractivity contribution is -0.131. The van der Waals surface area contributed by atoms with Crippen molar-refractivity contribution in [2.75, 3.05) is 6.54 Å². The van der Waals surface area contributed by atoms with E-state index < -0.39 is 0 Å². The molecule has 0 unspecified atom stereocenters. The van der Waals surface area contributed by atoms with Crippen LogP contribution < -0.4 is 0 Å². The lowest BCUT2D eigenvalue weighted by Gasteiger charge is -2.21. The van der Waals surface area contributed by atoms with Crippen LogP contribution in [0.5, 0.6) is 0 Å². The van der Waals surface area contributed by atoms with Gasteiger partial charge in [0.2, 0.25) is 11.8 Å². The van der Waals surface area contributed by atoms with Gasteiger partial charge in [0.1, 0.15) is 0 Å². The van der Waals surface area contributed by atoms with Crippen LogP contribution in [0.1, 0.15) is 42.4 Å². The summed E-state index contributed by atoms with van der Waals surface area (Å²) in [6, 6.07) is 3.95. The maximum absolute atomic E-state index is 12.4. The molecule has 0 saturated carbocycles. The predicted molar refractivity (Wildman–Crippen MR) is 75.4 cm³/mol. The van der Waals surface area contributed by atoms with Crippen molar-refractivity contribution in [1.82, 2.24) is 15.0 Å². The zero-order chi connectivity index (χ0) is 13.9. The van der Waals surface area contributed by atoms with Crippen LogP contribution in [-0.2, 0) is 17.6 Å². The van der Waals surface area contributed by atoms with E-state index in [4.69, 9.17) is 4.52 Å². The number of amides is 1. The second-order valence-electron chi connectivity index (χ2n) is 4.90. The van der Waals surface area contributed by atoms with Gasteiger partial charge in [-0.05, 0) is 24.3 Å². The Morgan fingerprint density at radius 2 is 2.50 bits per heavy atom. The summed E-state index contributed by atoms with van der Waals surface area (Å²) in [6.45, 7) is 2.76. The minimum Gasteiger partial charge on any atom is -0.339 e. The van der Waals surface area contributed by atoms with E-state index in [0.29, 0.717) is 18.1 Å². The fourth-order valence-electron chi connectivity index (χ4n) is 2.54. The summed E-state index contributed by atoms with van der Waals surface area (Å²) >= 11 is 1.62. The van der Waals surface area contributed by atoms with Gasteiger partial charge in [0, 0.05) is 17.8 Å². The van der Waals surface area contributed by atoms with Crippen LogP contribution in [-0.4, -0.2) is 27.5 Å². The number of aryl methyl sites for hydroxylation is 1. The van der Waals surface area contributed by atoms with E-state index in [0.717, 1.165) is 30.7 Å². The molecular weight excluding hydrogens is 274 g/mol. The molecule has 0 aliphatic carbocycles. The standard InChI is InChI=1S/C14H17N3O2S/c1-2-12-15-14(16-19-12)11-6-3-7-17(11)13(18)9-10-5-4-8-20-10/h4-5,8,11H,2-3,6-7,9H2,1H3/t11-/m1/s1. The van der Waals surface area contributed by atoms with E-state index in [1.165, 1.54) is 0 Å². The maximum Gasteiger partial charge on any atom is 0.228 e. The van der Waals surface area contributed by atoms with Crippen LogP contribution in [0.3, 0.4) is 0 Å². The number of likely N-dealkylation sites (tertiary alicyclic amines) is 1. The number of nitrogens with zero attached hydrogens (tertiary/aromatic N) is 3. The normalized spacial score (nSPS) is 18.6. The highest BCUT2D eigenvalue weighted by molar-refractivity contribution is 7.10. The fraction of sp³-hybridized carbons (Fsp3) is 0.500. The summed E-state index contributed by atoms with van der Waals surface area (Å²) < 4.78 is 5.16. The first-order valence-electron chi connectivity index (χ1n) is 6.92. The van der Waals surface area contributed by atoms with Gasteiger partial charge >= 0.3 is 0 Å². The van der Waals surface area contributed by atoms with Gasteiger partial charge in [0.15, 0.2) is 5.82 Å². The molecule has 1 amide bonds. The predicted octanol–water partition coefficient (Wildman–Crippen LogP) is 2.60. The molecule has 2 aromatic rings. The summed E-state index contributed by atoms with van der Waals surface area (Å²) in [5, 5.41) is 6.02. The van der Waals surface area contributed by atoms with Crippen molar-refractivity contribution in [3.05, 3.63) is 34.1 Å². The van der Waals surface area contributed by atoms with Crippen LogP contribution >= 0.6 is 11.3 Å². The van der Waals surface area contributed by atoms with E-state index in [1.54, 1.807) is 11.3 Å². The Morgan fingerprint density at radius 1 is 1.60 bits per heavy atom. The molecule has 106 valence electrons. The first kappa shape index (κ1) is 13.3. The van der Waals surface area contributed by atoms with E-state index in [9.17, 15) is 4.79 Å². The van der Waals surface area contributed by atoms with Crippen molar-refractivity contribution in [1.29, 1.82) is 0 Å². The number of rotatable bonds is 4. The van der Waals surface area contributed by atoms with Crippen molar-refractivity contribution < 1.29 is 9.32 Å². The molecule has 5 nitrogen and oxygen atoms in total. The zero-order valence-electron chi connectivity index (χ0n) is 11.4. The highest BCUT2D eigenvalue weighted by Gasteiger charge is 2.33. The number of hydrogen-bond donors (Lipinski definition) is 0. The summed E-state index contributed by atoms with van der Waals surface area (Å²) in [5.41, 5.74) is 0. The molecule has 6 heteroatoms. The van der Waals surface area contributed by atoms with Crippen molar-refractivity contribution in [3.8, 4) is 0 Å². The molecule has 2 aromatic heterocycles. The van der Waals surface area contributed by atoms with Crippen molar-refractivity contribution >= 4 is 17.2 Å².